The van der Waals surface area contributed by atoms with Crippen LogP contribution in [-0.2, 0) is 10.3 Å². The molecule has 1 saturated heterocycles. The molecule has 1 fully saturated rings. The minimum atomic E-state index is -0.318. The van der Waals surface area contributed by atoms with Gasteiger partial charge in [-0.05, 0) is 37.4 Å². The van der Waals surface area contributed by atoms with Crippen molar-refractivity contribution < 1.29 is 4.79 Å². The molecule has 0 bridgehead atoms. The Bertz CT molecular complexity index is 633. The third kappa shape index (κ3) is 2.21. The normalized spacial score (nSPS) is 28.0. The summed E-state index contributed by atoms with van der Waals surface area (Å²) < 4.78 is 0. The number of hydrogen-bond acceptors (Lipinski definition) is 2. The summed E-state index contributed by atoms with van der Waals surface area (Å²) in [5.41, 5.74) is 2.01. The van der Waals surface area contributed by atoms with Crippen LogP contribution in [0.15, 0.2) is 48.1 Å². The van der Waals surface area contributed by atoms with E-state index >= 15 is 0 Å². The Hall–Kier alpha value is -1.58. The van der Waals surface area contributed by atoms with E-state index in [4.69, 9.17) is 11.6 Å². The zero-order chi connectivity index (χ0) is 15.2. The molecule has 4 heteroatoms. The van der Waals surface area contributed by atoms with Crippen LogP contribution in [0.25, 0.3) is 0 Å². The number of likely N-dealkylation sites (tertiary alicyclic amines) is 1. The van der Waals surface area contributed by atoms with Gasteiger partial charge in [0.05, 0.1) is 11.5 Å². The summed E-state index contributed by atoms with van der Waals surface area (Å²) in [5, 5.41) is 0.730. The van der Waals surface area contributed by atoms with Crippen LogP contribution < -0.4 is 0 Å². The molecule has 1 amide bonds. The molecule has 1 aromatic carbocycles. The largest absolute Gasteiger partial charge is 0.341 e. The van der Waals surface area contributed by atoms with E-state index in [0.717, 1.165) is 10.6 Å². The molecule has 21 heavy (non-hydrogen) atoms. The highest BCUT2D eigenvalue weighted by Gasteiger charge is 2.40. The van der Waals surface area contributed by atoms with E-state index in [0.29, 0.717) is 6.54 Å². The number of nitrogens with zero attached hydrogens (tertiary/aromatic N) is 2. The predicted octanol–water partition coefficient (Wildman–Crippen LogP) is 2.68. The van der Waals surface area contributed by atoms with Gasteiger partial charge in [-0.15, -0.1) is 0 Å². The summed E-state index contributed by atoms with van der Waals surface area (Å²) in [5.74, 6) is 0.0938. The van der Waals surface area contributed by atoms with Crippen molar-refractivity contribution in [1.29, 1.82) is 0 Å². The Kier molecular flexibility index (Phi) is 3.42. The number of rotatable bonds is 2. The fourth-order valence-electron chi connectivity index (χ4n) is 3.19. The molecule has 1 heterocycles. The smallest absolute Gasteiger partial charge is 0.233 e. The SMILES string of the molecule is CN1CC2=CC(c3ccc(Cl)cc3)(N(C)C)C=CC2C1=O. The maximum Gasteiger partial charge on any atom is 0.233 e. The monoisotopic (exact) mass is 302 g/mol. The molecule has 2 aliphatic rings. The van der Waals surface area contributed by atoms with Crippen LogP contribution >= 0.6 is 11.6 Å². The predicted molar refractivity (Wildman–Crippen MR) is 85.2 cm³/mol. The second-order valence-electron chi connectivity index (χ2n) is 5.98. The Morgan fingerprint density at radius 1 is 1.29 bits per heavy atom. The first-order chi connectivity index (χ1) is 9.94. The number of halogens is 1. The zero-order valence-electron chi connectivity index (χ0n) is 12.5. The van der Waals surface area contributed by atoms with Gasteiger partial charge in [0.1, 0.15) is 0 Å². The van der Waals surface area contributed by atoms with Crippen molar-refractivity contribution >= 4 is 17.5 Å². The molecule has 2 unspecified atom stereocenters. The van der Waals surface area contributed by atoms with Crippen LogP contribution in [0.5, 0.6) is 0 Å². The second kappa shape index (κ2) is 5.00. The molecule has 0 spiro atoms. The first-order valence-electron chi connectivity index (χ1n) is 7.03. The van der Waals surface area contributed by atoms with Crippen molar-refractivity contribution in [2.24, 2.45) is 5.92 Å². The van der Waals surface area contributed by atoms with Crippen molar-refractivity contribution in [1.82, 2.24) is 9.80 Å². The lowest BCUT2D eigenvalue weighted by molar-refractivity contribution is -0.128. The van der Waals surface area contributed by atoms with Crippen LogP contribution in [0.1, 0.15) is 5.56 Å². The van der Waals surface area contributed by atoms with Gasteiger partial charge in [0, 0.05) is 18.6 Å². The molecular formula is C17H19ClN2O. The van der Waals surface area contributed by atoms with Crippen molar-refractivity contribution in [3.05, 3.63) is 58.7 Å². The topological polar surface area (TPSA) is 23.6 Å². The summed E-state index contributed by atoms with van der Waals surface area (Å²) in [6.45, 7) is 0.705. The molecule has 0 radical (unpaired) electrons. The Morgan fingerprint density at radius 3 is 2.57 bits per heavy atom. The number of carbonyl (C=O) groups excluding carboxylic acids is 1. The zero-order valence-corrected chi connectivity index (χ0v) is 13.3. The summed E-state index contributed by atoms with van der Waals surface area (Å²) in [6, 6.07) is 7.91. The van der Waals surface area contributed by atoms with Crippen LogP contribution in [0.2, 0.25) is 5.02 Å². The van der Waals surface area contributed by atoms with Gasteiger partial charge in [0.25, 0.3) is 0 Å². The molecule has 110 valence electrons. The molecule has 3 rings (SSSR count). The standard InChI is InChI=1S/C17H19ClN2O/c1-19(2)17(13-4-6-14(18)7-5-13)9-8-15-12(10-17)11-20(3)16(15)21/h4-10,15H,11H2,1-3H3. The van der Waals surface area contributed by atoms with Gasteiger partial charge in [-0.3, -0.25) is 9.69 Å². The second-order valence-corrected chi connectivity index (χ2v) is 6.41. The molecule has 1 aliphatic heterocycles. The number of amides is 1. The van der Waals surface area contributed by atoms with E-state index in [2.05, 4.69) is 31.1 Å². The van der Waals surface area contributed by atoms with Gasteiger partial charge in [-0.25, -0.2) is 0 Å². The van der Waals surface area contributed by atoms with E-state index in [-0.39, 0.29) is 17.4 Å². The van der Waals surface area contributed by atoms with Gasteiger partial charge >= 0.3 is 0 Å². The van der Waals surface area contributed by atoms with E-state index < -0.39 is 0 Å². The van der Waals surface area contributed by atoms with Gasteiger partial charge in [-0.2, -0.15) is 0 Å². The van der Waals surface area contributed by atoms with E-state index in [1.54, 1.807) is 4.90 Å². The first-order valence-corrected chi connectivity index (χ1v) is 7.41. The maximum atomic E-state index is 12.1. The summed E-state index contributed by atoms with van der Waals surface area (Å²) in [7, 11) is 5.96. The van der Waals surface area contributed by atoms with Crippen LogP contribution in [-0.4, -0.2) is 43.4 Å². The molecule has 1 aliphatic carbocycles. The third-order valence-electron chi connectivity index (χ3n) is 4.46. The van der Waals surface area contributed by atoms with Gasteiger partial charge in [0.2, 0.25) is 5.91 Å². The van der Waals surface area contributed by atoms with Crippen molar-refractivity contribution in [3.63, 3.8) is 0 Å². The summed E-state index contributed by atoms with van der Waals surface area (Å²) >= 11 is 6.00. The minimum Gasteiger partial charge on any atom is -0.341 e. The van der Waals surface area contributed by atoms with E-state index in [1.807, 2.05) is 37.4 Å². The Morgan fingerprint density at radius 2 is 1.95 bits per heavy atom. The number of hydrogen-bond donors (Lipinski definition) is 0. The summed E-state index contributed by atoms with van der Waals surface area (Å²) in [6.07, 6.45) is 6.39. The summed E-state index contributed by atoms with van der Waals surface area (Å²) in [4.78, 5) is 16.1. The average molecular weight is 303 g/mol. The number of likely N-dealkylation sites (N-methyl/N-ethyl adjacent to an activating group) is 2. The lowest BCUT2D eigenvalue weighted by atomic mass is 9.79. The van der Waals surface area contributed by atoms with Crippen LogP contribution in [0.3, 0.4) is 0 Å². The third-order valence-corrected chi connectivity index (χ3v) is 4.71. The average Bonchev–Trinajstić information content (AvgIpc) is 2.73. The minimum absolute atomic E-state index is 0.0876. The quantitative estimate of drug-likeness (QED) is 0.784. The molecule has 0 N–H and O–H groups in total. The van der Waals surface area contributed by atoms with Gasteiger partial charge in [0.15, 0.2) is 0 Å². The first kappa shape index (κ1) is 14.4. The highest BCUT2D eigenvalue weighted by atomic mass is 35.5. The van der Waals surface area contributed by atoms with Crippen molar-refractivity contribution in [3.8, 4) is 0 Å². The molecule has 2 atom stereocenters. The number of benzene rings is 1. The number of carbonyl (C=O) groups is 1. The van der Waals surface area contributed by atoms with Crippen molar-refractivity contribution in [2.45, 2.75) is 5.54 Å². The molecule has 3 nitrogen and oxygen atoms in total. The molecule has 0 aromatic heterocycles. The highest BCUT2D eigenvalue weighted by Crippen LogP contribution is 2.39. The number of fused-ring (bicyclic) bond motifs is 1. The van der Waals surface area contributed by atoms with Gasteiger partial charge < -0.3 is 4.90 Å². The van der Waals surface area contributed by atoms with Gasteiger partial charge in [-0.1, -0.05) is 42.0 Å². The lowest BCUT2D eigenvalue weighted by Crippen LogP contribution is -2.40. The fraction of sp³-hybridized carbons (Fsp3) is 0.353. The van der Waals surface area contributed by atoms with E-state index in [1.165, 1.54) is 5.57 Å². The Balaban J connectivity index is 2.09. The lowest BCUT2D eigenvalue weighted by Gasteiger charge is -2.38. The maximum absolute atomic E-state index is 12.1. The van der Waals surface area contributed by atoms with E-state index in [9.17, 15) is 4.79 Å². The van der Waals surface area contributed by atoms with Crippen LogP contribution in [0.4, 0.5) is 0 Å². The highest BCUT2D eigenvalue weighted by molar-refractivity contribution is 6.30. The Labute approximate surface area is 130 Å². The molecular weight excluding hydrogens is 284 g/mol. The van der Waals surface area contributed by atoms with Crippen molar-refractivity contribution in [2.75, 3.05) is 27.7 Å². The molecule has 0 saturated carbocycles. The fourth-order valence-corrected chi connectivity index (χ4v) is 3.32. The van der Waals surface area contributed by atoms with Crippen LogP contribution in [0, 0.1) is 5.92 Å². The molecule has 1 aromatic rings.